The van der Waals surface area contributed by atoms with Crippen LogP contribution < -0.4 is 15.0 Å². The number of anilines is 1. The molecular formula is C15H24N2O. The second kappa shape index (κ2) is 5.19. The van der Waals surface area contributed by atoms with E-state index in [1.165, 1.54) is 5.69 Å². The van der Waals surface area contributed by atoms with Gasteiger partial charge in [-0.2, -0.15) is 0 Å². The van der Waals surface area contributed by atoms with Crippen molar-refractivity contribution in [1.29, 1.82) is 0 Å². The van der Waals surface area contributed by atoms with Gasteiger partial charge in [0, 0.05) is 30.9 Å². The minimum absolute atomic E-state index is 0.186. The van der Waals surface area contributed by atoms with Gasteiger partial charge in [-0.3, -0.25) is 0 Å². The molecule has 18 heavy (non-hydrogen) atoms. The van der Waals surface area contributed by atoms with Gasteiger partial charge in [-0.1, -0.05) is 0 Å². The van der Waals surface area contributed by atoms with E-state index >= 15 is 0 Å². The van der Waals surface area contributed by atoms with Crippen LogP contribution in [0.3, 0.4) is 0 Å². The van der Waals surface area contributed by atoms with Crippen LogP contribution in [0.4, 0.5) is 5.69 Å². The van der Waals surface area contributed by atoms with Gasteiger partial charge in [0.05, 0.1) is 6.10 Å². The quantitative estimate of drug-likeness (QED) is 0.890. The molecule has 0 amide bonds. The highest BCUT2D eigenvalue weighted by molar-refractivity contribution is 5.50. The lowest BCUT2D eigenvalue weighted by Crippen LogP contribution is -2.57. The zero-order chi connectivity index (χ0) is 13.2. The zero-order valence-electron chi connectivity index (χ0n) is 11.9. The zero-order valence-corrected chi connectivity index (χ0v) is 11.9. The highest BCUT2D eigenvalue weighted by atomic mass is 16.5. The molecule has 0 aromatic heterocycles. The van der Waals surface area contributed by atoms with E-state index in [-0.39, 0.29) is 11.6 Å². The summed E-state index contributed by atoms with van der Waals surface area (Å²) in [5.41, 5.74) is 1.46. The topological polar surface area (TPSA) is 24.5 Å². The molecule has 0 saturated carbocycles. The summed E-state index contributed by atoms with van der Waals surface area (Å²) in [5, 5.41) is 3.53. The Hall–Kier alpha value is -1.22. The maximum absolute atomic E-state index is 5.67. The van der Waals surface area contributed by atoms with Crippen molar-refractivity contribution < 1.29 is 4.74 Å². The number of ether oxygens (including phenoxy) is 1. The molecule has 0 atom stereocenters. The Morgan fingerprint density at radius 2 is 1.89 bits per heavy atom. The fraction of sp³-hybridized carbons (Fsp3) is 0.600. The lowest BCUT2D eigenvalue weighted by atomic mass is 10.0. The van der Waals surface area contributed by atoms with Gasteiger partial charge in [-0.25, -0.2) is 0 Å². The van der Waals surface area contributed by atoms with Crippen molar-refractivity contribution in [3.63, 3.8) is 0 Å². The van der Waals surface area contributed by atoms with E-state index in [0.717, 1.165) is 25.4 Å². The first-order valence-electron chi connectivity index (χ1n) is 6.73. The number of hydrogen-bond donors (Lipinski definition) is 1. The fourth-order valence-corrected chi connectivity index (χ4v) is 2.37. The van der Waals surface area contributed by atoms with E-state index in [1.807, 2.05) is 13.8 Å². The number of nitrogens with zero attached hydrogens (tertiary/aromatic N) is 1. The maximum atomic E-state index is 5.67. The van der Waals surface area contributed by atoms with Crippen LogP contribution in [0.5, 0.6) is 5.75 Å². The van der Waals surface area contributed by atoms with Gasteiger partial charge in [0.15, 0.2) is 0 Å². The average Bonchev–Trinajstić information content (AvgIpc) is 2.28. The average molecular weight is 248 g/mol. The largest absolute Gasteiger partial charge is 0.491 e. The van der Waals surface area contributed by atoms with Gasteiger partial charge in [-0.05, 0) is 52.0 Å². The first-order valence-corrected chi connectivity index (χ1v) is 6.73. The minimum atomic E-state index is 0.186. The van der Waals surface area contributed by atoms with Crippen LogP contribution in [0.25, 0.3) is 0 Å². The summed E-state index contributed by atoms with van der Waals surface area (Å²) in [4.78, 5) is 2.43. The van der Waals surface area contributed by atoms with E-state index in [4.69, 9.17) is 4.74 Å². The summed E-state index contributed by atoms with van der Waals surface area (Å²) in [6, 6.07) is 8.42. The Balaban J connectivity index is 2.05. The van der Waals surface area contributed by atoms with Crippen LogP contribution in [0.15, 0.2) is 24.3 Å². The first kappa shape index (κ1) is 13.2. The molecule has 1 aromatic rings. The van der Waals surface area contributed by atoms with Crippen LogP contribution in [0.1, 0.15) is 27.7 Å². The third-order valence-electron chi connectivity index (χ3n) is 3.15. The molecule has 3 nitrogen and oxygen atoms in total. The van der Waals surface area contributed by atoms with Crippen molar-refractivity contribution in [2.24, 2.45) is 0 Å². The number of benzene rings is 1. The van der Waals surface area contributed by atoms with Crippen molar-refractivity contribution in [2.75, 3.05) is 24.5 Å². The fourth-order valence-electron chi connectivity index (χ4n) is 2.37. The van der Waals surface area contributed by atoms with Gasteiger partial charge in [0.1, 0.15) is 5.75 Å². The van der Waals surface area contributed by atoms with Crippen molar-refractivity contribution in [3.05, 3.63) is 24.3 Å². The van der Waals surface area contributed by atoms with Gasteiger partial charge in [0.2, 0.25) is 0 Å². The van der Waals surface area contributed by atoms with E-state index in [9.17, 15) is 0 Å². The molecule has 0 bridgehead atoms. The molecule has 1 heterocycles. The predicted molar refractivity (Wildman–Crippen MR) is 76.5 cm³/mol. The summed E-state index contributed by atoms with van der Waals surface area (Å²) >= 11 is 0. The maximum Gasteiger partial charge on any atom is 0.119 e. The Morgan fingerprint density at radius 1 is 1.22 bits per heavy atom. The highest BCUT2D eigenvalue weighted by Gasteiger charge is 2.25. The van der Waals surface area contributed by atoms with Crippen LogP contribution in [0, 0.1) is 0 Å². The molecular weight excluding hydrogens is 224 g/mol. The first-order chi connectivity index (χ1) is 8.46. The smallest absolute Gasteiger partial charge is 0.119 e. The second-order valence-electron chi connectivity index (χ2n) is 5.89. The lowest BCUT2D eigenvalue weighted by molar-refractivity contribution is 0.242. The van der Waals surface area contributed by atoms with Crippen molar-refractivity contribution >= 4 is 5.69 Å². The van der Waals surface area contributed by atoms with Gasteiger partial charge in [-0.15, -0.1) is 0 Å². The molecule has 1 saturated heterocycles. The summed E-state index contributed by atoms with van der Waals surface area (Å²) in [7, 11) is 0. The molecule has 1 N–H and O–H groups in total. The standard InChI is InChI=1S/C15H24N2O/c1-12(2)18-14-7-5-13(6-8-14)17-10-9-16-15(3,4)11-17/h5-8,12,16H,9-11H2,1-4H3. The van der Waals surface area contributed by atoms with Crippen LogP contribution in [0.2, 0.25) is 0 Å². The van der Waals surface area contributed by atoms with E-state index < -0.39 is 0 Å². The van der Waals surface area contributed by atoms with Crippen LogP contribution in [-0.4, -0.2) is 31.3 Å². The molecule has 1 aliphatic rings. The highest BCUT2D eigenvalue weighted by Crippen LogP contribution is 2.23. The van der Waals surface area contributed by atoms with E-state index in [1.54, 1.807) is 0 Å². The molecule has 1 fully saturated rings. The molecule has 0 unspecified atom stereocenters. The van der Waals surface area contributed by atoms with E-state index in [2.05, 4.69) is 48.3 Å². The van der Waals surface area contributed by atoms with Crippen LogP contribution in [-0.2, 0) is 0 Å². The molecule has 1 aliphatic heterocycles. The SMILES string of the molecule is CC(C)Oc1ccc(N2CCNC(C)(C)C2)cc1. The lowest BCUT2D eigenvalue weighted by Gasteiger charge is -2.40. The summed E-state index contributed by atoms with van der Waals surface area (Å²) in [6.07, 6.45) is 0.231. The normalized spacial score (nSPS) is 19.1. The third-order valence-corrected chi connectivity index (χ3v) is 3.15. The summed E-state index contributed by atoms with van der Waals surface area (Å²) < 4.78 is 5.67. The molecule has 2 rings (SSSR count). The monoisotopic (exact) mass is 248 g/mol. The number of nitrogens with one attached hydrogen (secondary N) is 1. The van der Waals surface area contributed by atoms with Crippen molar-refractivity contribution in [2.45, 2.75) is 39.3 Å². The molecule has 3 heteroatoms. The van der Waals surface area contributed by atoms with Gasteiger partial charge in [0.25, 0.3) is 0 Å². The number of piperazine rings is 1. The molecule has 0 aliphatic carbocycles. The summed E-state index contributed by atoms with van der Waals surface area (Å²) in [5.74, 6) is 0.947. The molecule has 0 spiro atoms. The number of hydrogen-bond acceptors (Lipinski definition) is 3. The van der Waals surface area contributed by atoms with E-state index in [0.29, 0.717) is 0 Å². The van der Waals surface area contributed by atoms with Crippen molar-refractivity contribution in [1.82, 2.24) is 5.32 Å². The summed E-state index contributed by atoms with van der Waals surface area (Å²) in [6.45, 7) is 11.7. The Labute approximate surface area is 110 Å². The van der Waals surface area contributed by atoms with Crippen LogP contribution >= 0.6 is 0 Å². The van der Waals surface area contributed by atoms with Crippen molar-refractivity contribution in [3.8, 4) is 5.75 Å². The molecule has 0 radical (unpaired) electrons. The van der Waals surface area contributed by atoms with Gasteiger partial charge < -0.3 is 15.0 Å². The Bertz CT molecular complexity index is 384. The number of rotatable bonds is 3. The Kier molecular flexibility index (Phi) is 3.81. The van der Waals surface area contributed by atoms with Gasteiger partial charge >= 0.3 is 0 Å². The Morgan fingerprint density at radius 3 is 2.44 bits per heavy atom. The second-order valence-corrected chi connectivity index (χ2v) is 5.89. The predicted octanol–water partition coefficient (Wildman–Crippen LogP) is 2.66. The molecule has 1 aromatic carbocycles. The minimum Gasteiger partial charge on any atom is -0.491 e. The third kappa shape index (κ3) is 3.39. The molecule has 100 valence electrons.